The van der Waals surface area contributed by atoms with Crippen molar-refractivity contribution in [3.63, 3.8) is 0 Å². The fourth-order valence-electron chi connectivity index (χ4n) is 4.68. The molecule has 1 saturated carbocycles. The molecule has 1 fully saturated rings. The highest BCUT2D eigenvalue weighted by atomic mass is 32.2. The molecule has 2 aromatic rings. The third-order valence-corrected chi connectivity index (χ3v) is 8.40. The molecule has 2 aromatic heterocycles. The Morgan fingerprint density at radius 3 is 2.45 bits per heavy atom. The number of pyridine rings is 1. The van der Waals surface area contributed by atoms with Gasteiger partial charge in [-0.2, -0.15) is 27.1 Å². The van der Waals surface area contributed by atoms with E-state index >= 15 is 0 Å². The largest absolute Gasteiger partial charge is 0.434 e. The van der Waals surface area contributed by atoms with Crippen LogP contribution in [-0.2, 0) is 22.8 Å². The van der Waals surface area contributed by atoms with E-state index in [1.807, 2.05) is 0 Å². The number of aromatic nitrogens is 3. The molecule has 1 aliphatic rings. The number of hydrogen-bond acceptors (Lipinski definition) is 6. The molecule has 8 nitrogen and oxygen atoms in total. The molecule has 0 bridgehead atoms. The SMILES string of the molecule is CCn1nc(C(=O)NCC2CCC(S(C)(=O)=O)CC2)c(C)c1-c1cnc(CCC(F)(F)F)cc1OC(F)F. The first-order chi connectivity index (χ1) is 17.7. The fraction of sp³-hybridized carbons (Fsp3) is 0.625. The molecule has 2 heterocycles. The molecule has 1 amide bonds. The molecular weight excluding hydrogens is 535 g/mol. The molecule has 0 aromatic carbocycles. The minimum absolute atomic E-state index is 0.0643. The first kappa shape index (κ1) is 29.8. The van der Waals surface area contributed by atoms with E-state index < -0.39 is 41.4 Å². The number of nitrogens with zero attached hydrogens (tertiary/aromatic N) is 3. The monoisotopic (exact) mass is 566 g/mol. The minimum atomic E-state index is -4.43. The predicted molar refractivity (Wildman–Crippen MR) is 130 cm³/mol. The number of rotatable bonds is 10. The molecule has 14 heteroatoms. The summed E-state index contributed by atoms with van der Waals surface area (Å²) >= 11 is 0. The highest BCUT2D eigenvalue weighted by Crippen LogP contribution is 2.35. The zero-order valence-corrected chi connectivity index (χ0v) is 22.1. The number of sulfone groups is 1. The fourth-order valence-corrected chi connectivity index (χ4v) is 5.81. The van der Waals surface area contributed by atoms with Gasteiger partial charge >= 0.3 is 12.8 Å². The summed E-state index contributed by atoms with van der Waals surface area (Å²) in [6.45, 7) is 0.688. The first-order valence-electron chi connectivity index (χ1n) is 12.2. The zero-order chi connectivity index (χ0) is 28.3. The van der Waals surface area contributed by atoms with Gasteiger partial charge < -0.3 is 10.1 Å². The second-order valence-corrected chi connectivity index (χ2v) is 11.8. The number of nitrogens with one attached hydrogen (secondary N) is 1. The molecule has 212 valence electrons. The van der Waals surface area contributed by atoms with Crippen LogP contribution in [0.15, 0.2) is 12.3 Å². The maximum Gasteiger partial charge on any atom is 0.389 e. The summed E-state index contributed by atoms with van der Waals surface area (Å²) in [5.74, 6) is -0.726. The van der Waals surface area contributed by atoms with Crippen LogP contribution in [0.4, 0.5) is 22.0 Å². The van der Waals surface area contributed by atoms with E-state index in [9.17, 15) is 35.2 Å². The number of carbonyl (C=O) groups excluding carboxylic acids is 1. The second-order valence-electron chi connectivity index (χ2n) is 9.49. The number of hydrogen-bond donors (Lipinski definition) is 1. The van der Waals surface area contributed by atoms with Crippen LogP contribution in [0.5, 0.6) is 5.75 Å². The van der Waals surface area contributed by atoms with Crippen molar-refractivity contribution in [3.05, 3.63) is 29.2 Å². The van der Waals surface area contributed by atoms with Crippen molar-refractivity contribution in [2.45, 2.75) is 77.0 Å². The first-order valence-corrected chi connectivity index (χ1v) is 14.2. The Morgan fingerprint density at radius 1 is 1.24 bits per heavy atom. The lowest BCUT2D eigenvalue weighted by Gasteiger charge is -2.27. The Kier molecular flexibility index (Phi) is 9.37. The van der Waals surface area contributed by atoms with E-state index in [1.165, 1.54) is 10.9 Å². The quantitative estimate of drug-likeness (QED) is 0.418. The van der Waals surface area contributed by atoms with Crippen LogP contribution in [0.3, 0.4) is 0 Å². The second kappa shape index (κ2) is 12.0. The zero-order valence-electron chi connectivity index (χ0n) is 21.3. The molecule has 0 aliphatic heterocycles. The van der Waals surface area contributed by atoms with Crippen molar-refractivity contribution in [3.8, 4) is 17.0 Å². The molecule has 0 atom stereocenters. The van der Waals surface area contributed by atoms with Gasteiger partial charge in [0.05, 0.1) is 16.5 Å². The predicted octanol–water partition coefficient (Wildman–Crippen LogP) is 4.70. The molecule has 0 unspecified atom stereocenters. The van der Waals surface area contributed by atoms with Crippen molar-refractivity contribution >= 4 is 15.7 Å². The number of ether oxygens (including phenoxy) is 1. The summed E-state index contributed by atoms with van der Waals surface area (Å²) in [7, 11) is -3.10. The molecule has 1 N–H and O–H groups in total. The maximum absolute atomic E-state index is 13.2. The van der Waals surface area contributed by atoms with Gasteiger partial charge in [-0.05, 0) is 51.9 Å². The Labute approximate surface area is 217 Å². The van der Waals surface area contributed by atoms with Crippen LogP contribution in [0, 0.1) is 12.8 Å². The molecule has 0 radical (unpaired) electrons. The van der Waals surface area contributed by atoms with E-state index in [1.54, 1.807) is 13.8 Å². The minimum Gasteiger partial charge on any atom is -0.434 e. The topological polar surface area (TPSA) is 103 Å². The molecule has 0 saturated heterocycles. The number of aryl methyl sites for hydroxylation is 2. The summed E-state index contributed by atoms with van der Waals surface area (Å²) in [5, 5.41) is 6.79. The number of alkyl halides is 5. The average Bonchev–Trinajstić information content (AvgIpc) is 3.16. The number of halogens is 5. The van der Waals surface area contributed by atoms with Crippen LogP contribution >= 0.6 is 0 Å². The van der Waals surface area contributed by atoms with Gasteiger partial charge in [-0.25, -0.2) is 8.42 Å². The van der Waals surface area contributed by atoms with E-state index in [0.717, 1.165) is 12.3 Å². The van der Waals surface area contributed by atoms with Gasteiger partial charge in [0.1, 0.15) is 15.6 Å². The van der Waals surface area contributed by atoms with Gasteiger partial charge in [-0.3, -0.25) is 14.5 Å². The van der Waals surface area contributed by atoms with Crippen LogP contribution in [0.2, 0.25) is 0 Å². The van der Waals surface area contributed by atoms with Crippen LogP contribution in [-0.4, -0.2) is 59.9 Å². The molecule has 0 spiro atoms. The molecule has 3 rings (SSSR count). The maximum atomic E-state index is 13.2. The van der Waals surface area contributed by atoms with E-state index in [-0.39, 0.29) is 46.1 Å². The van der Waals surface area contributed by atoms with Crippen molar-refractivity contribution in [2.24, 2.45) is 5.92 Å². The van der Waals surface area contributed by atoms with Gasteiger partial charge in [0.2, 0.25) is 0 Å². The highest BCUT2D eigenvalue weighted by molar-refractivity contribution is 7.91. The van der Waals surface area contributed by atoms with Crippen LogP contribution in [0.1, 0.15) is 60.8 Å². The standard InChI is InChI=1S/C24H31F5N4O4S/c1-4-33-21(18-13-30-16(9-10-24(27,28)29)11-19(18)37-23(25)26)14(2)20(32-33)22(34)31-12-15-5-7-17(8-6-15)38(3,35)36/h11,13,15,17,23H,4-10,12H2,1-3H3,(H,31,34). The molecular formula is C24H31F5N4O4S. The third kappa shape index (κ3) is 7.64. The number of carbonyl (C=O) groups is 1. The Morgan fingerprint density at radius 2 is 1.89 bits per heavy atom. The lowest BCUT2D eigenvalue weighted by Crippen LogP contribution is -2.34. The summed E-state index contributed by atoms with van der Waals surface area (Å²) in [6.07, 6.45) is -1.34. The van der Waals surface area contributed by atoms with Gasteiger partial charge in [0, 0.05) is 49.3 Å². The summed E-state index contributed by atoms with van der Waals surface area (Å²) < 4.78 is 93.7. The Balaban J connectivity index is 1.81. The van der Waals surface area contributed by atoms with Crippen LogP contribution < -0.4 is 10.1 Å². The van der Waals surface area contributed by atoms with Gasteiger partial charge in [-0.15, -0.1) is 0 Å². The summed E-state index contributed by atoms with van der Waals surface area (Å²) in [6, 6.07) is 1.05. The van der Waals surface area contributed by atoms with Crippen LogP contribution in [0.25, 0.3) is 11.3 Å². The third-order valence-electron chi connectivity index (χ3n) is 6.71. The average molecular weight is 567 g/mol. The van der Waals surface area contributed by atoms with E-state index in [2.05, 4.69) is 20.1 Å². The lowest BCUT2D eigenvalue weighted by atomic mass is 9.89. The normalized spacial score (nSPS) is 18.6. The number of amides is 1. The van der Waals surface area contributed by atoms with E-state index in [0.29, 0.717) is 37.8 Å². The van der Waals surface area contributed by atoms with Gasteiger partial charge in [0.25, 0.3) is 5.91 Å². The van der Waals surface area contributed by atoms with Crippen molar-refractivity contribution in [2.75, 3.05) is 12.8 Å². The Bertz CT molecular complexity index is 1240. The van der Waals surface area contributed by atoms with Gasteiger partial charge in [0.15, 0.2) is 5.69 Å². The Hall–Kier alpha value is -2.77. The van der Waals surface area contributed by atoms with Gasteiger partial charge in [-0.1, -0.05) is 0 Å². The molecule has 38 heavy (non-hydrogen) atoms. The summed E-state index contributed by atoms with van der Waals surface area (Å²) in [4.78, 5) is 17.0. The van der Waals surface area contributed by atoms with E-state index in [4.69, 9.17) is 0 Å². The van der Waals surface area contributed by atoms with Crippen molar-refractivity contribution in [1.29, 1.82) is 0 Å². The van der Waals surface area contributed by atoms with Crippen molar-refractivity contribution < 1.29 is 39.9 Å². The van der Waals surface area contributed by atoms with Crippen molar-refractivity contribution in [1.82, 2.24) is 20.1 Å². The summed E-state index contributed by atoms with van der Waals surface area (Å²) in [5.41, 5.74) is 0.735. The highest BCUT2D eigenvalue weighted by Gasteiger charge is 2.30. The smallest absolute Gasteiger partial charge is 0.389 e. The molecule has 1 aliphatic carbocycles. The lowest BCUT2D eigenvalue weighted by molar-refractivity contribution is -0.134.